The van der Waals surface area contributed by atoms with Crippen molar-refractivity contribution in [3.63, 3.8) is 0 Å². The molecule has 1 aliphatic heterocycles. The van der Waals surface area contributed by atoms with Crippen molar-refractivity contribution in [3.05, 3.63) is 40.3 Å². The zero-order chi connectivity index (χ0) is 29.2. The van der Waals surface area contributed by atoms with Crippen LogP contribution in [0.5, 0.6) is 0 Å². The van der Waals surface area contributed by atoms with Crippen LogP contribution in [0.2, 0.25) is 0 Å². The van der Waals surface area contributed by atoms with Crippen molar-refractivity contribution in [1.29, 1.82) is 0 Å². The van der Waals surface area contributed by atoms with Crippen molar-refractivity contribution in [1.82, 2.24) is 19.6 Å². The first-order valence-corrected chi connectivity index (χ1v) is 14.6. The minimum atomic E-state index is -4.32. The number of carboxylic acid groups (broad SMARTS) is 1. The van der Waals surface area contributed by atoms with Crippen LogP contribution in [0.3, 0.4) is 0 Å². The number of ether oxygens (including phenoxy) is 1. The van der Waals surface area contributed by atoms with E-state index in [2.05, 4.69) is 21.2 Å². The monoisotopic (exact) mass is 570 g/mol. The van der Waals surface area contributed by atoms with Crippen LogP contribution in [-0.4, -0.2) is 70.5 Å². The summed E-state index contributed by atoms with van der Waals surface area (Å²) < 4.78 is 34.8. The number of aliphatic carboxylic acids is 1. The number of carboxylic acids is 1. The van der Waals surface area contributed by atoms with Gasteiger partial charge in [0.05, 0.1) is 4.90 Å². The van der Waals surface area contributed by atoms with Gasteiger partial charge in [-0.2, -0.15) is 4.31 Å². The third kappa shape index (κ3) is 6.22. The summed E-state index contributed by atoms with van der Waals surface area (Å²) in [7, 11) is -4.32. The van der Waals surface area contributed by atoms with Gasteiger partial charge in [0, 0.05) is 41.5 Å². The van der Waals surface area contributed by atoms with E-state index in [-0.39, 0.29) is 35.0 Å². The van der Waals surface area contributed by atoms with E-state index in [0.29, 0.717) is 34.7 Å². The van der Waals surface area contributed by atoms with Crippen LogP contribution < -0.4 is 10.9 Å². The van der Waals surface area contributed by atoms with Gasteiger partial charge < -0.3 is 25.1 Å². The zero-order valence-electron chi connectivity index (χ0n) is 22.7. The highest BCUT2D eigenvalue weighted by Gasteiger charge is 2.39. The second kappa shape index (κ2) is 11.4. The number of rotatable bonds is 10. The van der Waals surface area contributed by atoms with E-state index in [1.165, 1.54) is 18.2 Å². The molecule has 4 rings (SSSR count). The Morgan fingerprint density at radius 2 is 2.05 bits per heavy atom. The Kier molecular flexibility index (Phi) is 8.39. The lowest BCUT2D eigenvalue weighted by Gasteiger charge is -2.30. The molecular formula is C28H34N4O7S. The van der Waals surface area contributed by atoms with Crippen molar-refractivity contribution < 1.29 is 27.9 Å². The second-order valence-electron chi connectivity index (χ2n) is 10.9. The molecule has 1 aromatic carbocycles. The molecule has 2 atom stereocenters. The van der Waals surface area contributed by atoms with Gasteiger partial charge in [-0.15, -0.1) is 6.42 Å². The molecule has 1 saturated heterocycles. The van der Waals surface area contributed by atoms with Crippen molar-refractivity contribution in [2.45, 2.75) is 75.5 Å². The standard InChI is InChI=1S/C28H34N4O7S/c1-5-22(27(36)39-28(2,3)4)32(16-18-9-7-13-29-18)40(37,38)19-11-12-21-20(14-19)24-17(8-6-10-23(33)34)15-30-25(24)26(35)31-21/h1,11-12,14-15,18,22,29-30H,6-10,13,16H2,2-4H3,(H,31,35)(H,33,34). The van der Waals surface area contributed by atoms with Gasteiger partial charge in [-0.05, 0) is 76.8 Å². The van der Waals surface area contributed by atoms with Gasteiger partial charge in [-0.3, -0.25) is 9.59 Å². The van der Waals surface area contributed by atoms with Gasteiger partial charge in [-0.1, -0.05) is 5.92 Å². The van der Waals surface area contributed by atoms with Crippen LogP contribution >= 0.6 is 0 Å². The fourth-order valence-corrected chi connectivity index (χ4v) is 6.57. The minimum absolute atomic E-state index is 0.0277. The van der Waals surface area contributed by atoms with Crippen LogP contribution in [0.15, 0.2) is 34.1 Å². The maximum Gasteiger partial charge on any atom is 0.337 e. The molecule has 214 valence electrons. The molecule has 0 spiro atoms. The van der Waals surface area contributed by atoms with E-state index >= 15 is 0 Å². The molecule has 12 heteroatoms. The number of H-pyrrole nitrogens is 2. The number of nitrogens with zero attached hydrogens (tertiary/aromatic N) is 1. The Morgan fingerprint density at radius 1 is 1.30 bits per heavy atom. The summed E-state index contributed by atoms with van der Waals surface area (Å²) in [5, 5.41) is 13.3. The van der Waals surface area contributed by atoms with Gasteiger partial charge in [-0.25, -0.2) is 13.2 Å². The fourth-order valence-electron chi connectivity index (χ4n) is 5.00. The Labute approximate surface area is 232 Å². The summed E-state index contributed by atoms with van der Waals surface area (Å²) >= 11 is 0. The first kappa shape index (κ1) is 29.3. The molecule has 0 saturated carbocycles. The quantitative estimate of drug-likeness (QED) is 0.214. The van der Waals surface area contributed by atoms with E-state index in [1.54, 1.807) is 27.0 Å². The summed E-state index contributed by atoms with van der Waals surface area (Å²) in [6.07, 6.45) is 9.63. The summed E-state index contributed by atoms with van der Waals surface area (Å²) in [5.74, 6) is 0.563. The van der Waals surface area contributed by atoms with Gasteiger partial charge >= 0.3 is 11.9 Å². The summed E-state index contributed by atoms with van der Waals surface area (Å²) in [6.45, 7) is 5.73. The number of carbonyl (C=O) groups is 2. The van der Waals surface area contributed by atoms with E-state index in [1.807, 2.05) is 0 Å². The first-order chi connectivity index (χ1) is 18.8. The Balaban J connectivity index is 1.82. The van der Waals surface area contributed by atoms with E-state index < -0.39 is 33.6 Å². The minimum Gasteiger partial charge on any atom is -0.481 e. The maximum absolute atomic E-state index is 14.2. The van der Waals surface area contributed by atoms with Crippen molar-refractivity contribution in [2.24, 2.45) is 0 Å². The number of hydrogen-bond acceptors (Lipinski definition) is 7. The number of aromatic amines is 2. The number of hydrogen-bond donors (Lipinski definition) is 4. The third-order valence-corrected chi connectivity index (χ3v) is 8.61. The number of aryl methyl sites for hydroxylation is 1. The summed E-state index contributed by atoms with van der Waals surface area (Å²) in [6, 6.07) is 2.64. The number of fused-ring (bicyclic) bond motifs is 3. The van der Waals surface area contributed by atoms with Crippen molar-refractivity contribution in [3.8, 4) is 12.3 Å². The molecule has 0 amide bonds. The third-order valence-electron chi connectivity index (χ3n) is 6.78. The highest BCUT2D eigenvalue weighted by molar-refractivity contribution is 7.89. The first-order valence-electron chi connectivity index (χ1n) is 13.1. The average molecular weight is 571 g/mol. The van der Waals surface area contributed by atoms with Gasteiger partial charge in [0.2, 0.25) is 10.0 Å². The number of carbonyl (C=O) groups excluding carboxylic acids is 1. The highest BCUT2D eigenvalue weighted by Crippen LogP contribution is 2.30. The van der Waals surface area contributed by atoms with Crippen molar-refractivity contribution >= 4 is 43.8 Å². The number of terminal acetylenes is 1. The lowest BCUT2D eigenvalue weighted by atomic mass is 10.0. The molecule has 2 aromatic heterocycles. The highest BCUT2D eigenvalue weighted by atomic mass is 32.2. The summed E-state index contributed by atoms with van der Waals surface area (Å²) in [5.41, 5.74) is 0.117. The van der Waals surface area contributed by atoms with E-state index in [4.69, 9.17) is 16.3 Å². The molecular weight excluding hydrogens is 536 g/mol. The zero-order valence-corrected chi connectivity index (χ0v) is 23.6. The van der Waals surface area contributed by atoms with Crippen LogP contribution in [-0.2, 0) is 30.8 Å². The number of benzene rings is 1. The van der Waals surface area contributed by atoms with Crippen LogP contribution in [0.4, 0.5) is 0 Å². The van der Waals surface area contributed by atoms with Crippen LogP contribution in [0.1, 0.15) is 52.0 Å². The molecule has 1 aliphatic rings. The molecule has 0 bridgehead atoms. The average Bonchev–Trinajstić information content (AvgIpc) is 3.53. The topological polar surface area (TPSA) is 162 Å². The number of sulfonamides is 1. The predicted molar refractivity (Wildman–Crippen MR) is 150 cm³/mol. The Bertz CT molecular complexity index is 1640. The Morgan fingerprint density at radius 3 is 2.67 bits per heavy atom. The molecule has 40 heavy (non-hydrogen) atoms. The molecule has 1 fully saturated rings. The van der Waals surface area contributed by atoms with Gasteiger partial charge in [0.15, 0.2) is 6.04 Å². The molecule has 0 radical (unpaired) electrons. The maximum atomic E-state index is 14.2. The van der Waals surface area contributed by atoms with Crippen LogP contribution in [0.25, 0.3) is 21.8 Å². The molecule has 3 aromatic rings. The van der Waals surface area contributed by atoms with Gasteiger partial charge in [0.25, 0.3) is 5.56 Å². The fraction of sp³-hybridized carbons (Fsp3) is 0.464. The van der Waals surface area contributed by atoms with Crippen LogP contribution in [0, 0.1) is 12.3 Å². The predicted octanol–water partition coefficient (Wildman–Crippen LogP) is 2.50. The Hall–Kier alpha value is -3.66. The van der Waals surface area contributed by atoms with E-state index in [9.17, 15) is 22.8 Å². The van der Waals surface area contributed by atoms with Gasteiger partial charge in [0.1, 0.15) is 11.1 Å². The lowest BCUT2D eigenvalue weighted by molar-refractivity contribution is -0.157. The molecule has 4 N–H and O–H groups in total. The number of nitrogens with one attached hydrogen (secondary N) is 3. The number of pyridine rings is 1. The SMILES string of the molecule is C#CC(C(=O)OC(C)(C)C)N(CC1CCCN1)S(=O)(=O)c1ccc2[nH]c(=O)c3[nH]cc(CCCC(=O)O)c3c2c1. The molecule has 11 nitrogen and oxygen atoms in total. The molecule has 2 unspecified atom stereocenters. The molecule has 3 heterocycles. The summed E-state index contributed by atoms with van der Waals surface area (Å²) in [4.78, 5) is 42.4. The molecule has 0 aliphatic carbocycles. The number of esters is 1. The second-order valence-corrected chi connectivity index (χ2v) is 12.8. The normalized spacial score (nSPS) is 16.8. The largest absolute Gasteiger partial charge is 0.481 e. The number of aromatic nitrogens is 2. The lowest BCUT2D eigenvalue weighted by Crippen LogP contribution is -2.50. The van der Waals surface area contributed by atoms with E-state index in [0.717, 1.165) is 23.7 Å². The van der Waals surface area contributed by atoms with Crippen molar-refractivity contribution in [2.75, 3.05) is 13.1 Å². The smallest absolute Gasteiger partial charge is 0.337 e.